The predicted molar refractivity (Wildman–Crippen MR) is 47.4 cm³/mol. The fourth-order valence-corrected chi connectivity index (χ4v) is 1.53. The topological polar surface area (TPSA) is 20.3 Å². The van der Waals surface area contributed by atoms with Crippen LogP contribution in [0.4, 0.5) is 0 Å². The van der Waals surface area contributed by atoms with Crippen LogP contribution in [0.25, 0.3) is 0 Å². The van der Waals surface area contributed by atoms with Crippen molar-refractivity contribution in [2.75, 3.05) is 13.1 Å². The van der Waals surface area contributed by atoms with Crippen LogP contribution in [0.1, 0.15) is 13.3 Å². The van der Waals surface area contributed by atoms with Gasteiger partial charge in [-0.15, -0.1) is 5.92 Å². The highest BCUT2D eigenvalue weighted by atomic mass is 79.9. The normalized spacial score (nSPS) is 23.3. The zero-order valence-electron chi connectivity index (χ0n) is 6.43. The molecule has 1 atom stereocenters. The van der Waals surface area contributed by atoms with Gasteiger partial charge in [0.2, 0.25) is 5.91 Å². The minimum Gasteiger partial charge on any atom is -0.331 e. The molecule has 0 radical (unpaired) electrons. The van der Waals surface area contributed by atoms with Gasteiger partial charge in [0, 0.05) is 6.54 Å². The summed E-state index contributed by atoms with van der Waals surface area (Å²) in [4.78, 5) is 13.0. The van der Waals surface area contributed by atoms with Gasteiger partial charge in [0.25, 0.3) is 0 Å². The molecule has 0 aromatic heterocycles. The lowest BCUT2D eigenvalue weighted by Gasteiger charge is -2.10. The Kier molecular flexibility index (Phi) is 2.95. The Morgan fingerprint density at radius 3 is 3.00 bits per heavy atom. The average molecular weight is 216 g/mol. The molecule has 1 unspecified atom stereocenters. The van der Waals surface area contributed by atoms with Crippen molar-refractivity contribution in [2.45, 2.75) is 18.2 Å². The van der Waals surface area contributed by atoms with Crippen LogP contribution in [0.5, 0.6) is 0 Å². The van der Waals surface area contributed by atoms with Crippen molar-refractivity contribution in [3.63, 3.8) is 0 Å². The summed E-state index contributed by atoms with van der Waals surface area (Å²) in [7, 11) is 0. The van der Waals surface area contributed by atoms with Crippen molar-refractivity contribution < 1.29 is 4.79 Å². The van der Waals surface area contributed by atoms with E-state index in [1.54, 1.807) is 11.8 Å². The summed E-state index contributed by atoms with van der Waals surface area (Å²) in [5.41, 5.74) is 0. The van der Waals surface area contributed by atoms with Crippen molar-refractivity contribution in [3.05, 3.63) is 0 Å². The zero-order valence-corrected chi connectivity index (χ0v) is 8.02. The van der Waals surface area contributed by atoms with Gasteiger partial charge in [-0.05, 0) is 13.3 Å². The molecule has 1 heterocycles. The second kappa shape index (κ2) is 3.77. The maximum Gasteiger partial charge on any atom is 0.237 e. The number of amides is 1. The number of hydrogen-bond donors (Lipinski definition) is 0. The lowest BCUT2D eigenvalue weighted by molar-refractivity contribution is -0.126. The summed E-state index contributed by atoms with van der Waals surface area (Å²) in [5, 5.41) is 0. The van der Waals surface area contributed by atoms with Gasteiger partial charge in [-0.25, -0.2) is 0 Å². The highest BCUT2D eigenvalue weighted by molar-refractivity contribution is 9.10. The number of hydrogen-bond acceptors (Lipinski definition) is 1. The molecule has 0 aromatic carbocycles. The summed E-state index contributed by atoms with van der Waals surface area (Å²) >= 11 is 3.30. The molecule has 0 saturated carbocycles. The van der Waals surface area contributed by atoms with Gasteiger partial charge in [-0.2, -0.15) is 0 Å². The molecule has 3 heteroatoms. The van der Waals surface area contributed by atoms with E-state index in [1.807, 2.05) is 0 Å². The molecule has 0 aromatic rings. The number of nitrogens with zero attached hydrogens (tertiary/aromatic N) is 1. The molecule has 1 amide bonds. The standard InChI is InChI=1S/C8H10BrNO/c1-2-3-5-10-6-4-7(9)8(10)11/h7H,4-6H2,1H3. The number of carbonyl (C=O) groups is 1. The van der Waals surface area contributed by atoms with Crippen LogP contribution in [0.2, 0.25) is 0 Å². The van der Waals surface area contributed by atoms with Crippen LogP contribution < -0.4 is 0 Å². The Bertz CT molecular complexity index is 216. The molecule has 1 fully saturated rings. The van der Waals surface area contributed by atoms with E-state index >= 15 is 0 Å². The fourth-order valence-electron chi connectivity index (χ4n) is 1.03. The quantitative estimate of drug-likeness (QED) is 0.473. The van der Waals surface area contributed by atoms with E-state index < -0.39 is 0 Å². The largest absolute Gasteiger partial charge is 0.331 e. The number of likely N-dealkylation sites (tertiary alicyclic amines) is 1. The first-order chi connectivity index (χ1) is 5.25. The Balaban J connectivity index is 2.46. The molecule has 1 saturated heterocycles. The van der Waals surface area contributed by atoms with E-state index in [0.717, 1.165) is 13.0 Å². The minimum absolute atomic E-state index is 0.0288. The van der Waals surface area contributed by atoms with Crippen LogP contribution in [0.15, 0.2) is 0 Å². The summed E-state index contributed by atoms with van der Waals surface area (Å²) in [6.45, 7) is 3.20. The highest BCUT2D eigenvalue weighted by Gasteiger charge is 2.28. The molecule has 0 N–H and O–H groups in total. The van der Waals surface area contributed by atoms with Crippen molar-refractivity contribution >= 4 is 21.8 Å². The van der Waals surface area contributed by atoms with E-state index in [0.29, 0.717) is 6.54 Å². The van der Waals surface area contributed by atoms with E-state index in [4.69, 9.17) is 0 Å². The summed E-state index contributed by atoms with van der Waals surface area (Å²) < 4.78 is 0. The Morgan fingerprint density at radius 2 is 2.55 bits per heavy atom. The third-order valence-electron chi connectivity index (χ3n) is 1.68. The molecule has 0 aliphatic carbocycles. The third kappa shape index (κ3) is 1.97. The van der Waals surface area contributed by atoms with Crippen LogP contribution in [0.3, 0.4) is 0 Å². The smallest absolute Gasteiger partial charge is 0.237 e. The fraction of sp³-hybridized carbons (Fsp3) is 0.625. The van der Waals surface area contributed by atoms with Crippen LogP contribution >= 0.6 is 15.9 Å². The molecule has 60 valence electrons. The summed E-state index contributed by atoms with van der Waals surface area (Å²) in [6, 6.07) is 0. The molecular formula is C8H10BrNO. The minimum atomic E-state index is 0.0288. The monoisotopic (exact) mass is 215 g/mol. The van der Waals surface area contributed by atoms with Crippen molar-refractivity contribution in [1.29, 1.82) is 0 Å². The first kappa shape index (κ1) is 8.61. The molecule has 1 rings (SSSR count). The Morgan fingerprint density at radius 1 is 1.82 bits per heavy atom. The van der Waals surface area contributed by atoms with Gasteiger partial charge in [-0.3, -0.25) is 4.79 Å². The first-order valence-corrected chi connectivity index (χ1v) is 4.49. The average Bonchev–Trinajstić information content (AvgIpc) is 2.31. The molecule has 1 aliphatic heterocycles. The van der Waals surface area contributed by atoms with E-state index in [1.165, 1.54) is 0 Å². The number of alkyl halides is 1. The van der Waals surface area contributed by atoms with Crippen LogP contribution in [0, 0.1) is 11.8 Å². The lowest BCUT2D eigenvalue weighted by atomic mass is 10.4. The highest BCUT2D eigenvalue weighted by Crippen LogP contribution is 2.17. The maximum atomic E-state index is 11.2. The Hall–Kier alpha value is -0.490. The second-order valence-corrected chi connectivity index (χ2v) is 3.55. The SMILES string of the molecule is CC#CCN1CCC(Br)C1=O. The second-order valence-electron chi connectivity index (χ2n) is 2.44. The van der Waals surface area contributed by atoms with Gasteiger partial charge in [0.05, 0.1) is 11.4 Å². The van der Waals surface area contributed by atoms with Crippen LogP contribution in [-0.4, -0.2) is 28.7 Å². The van der Waals surface area contributed by atoms with Crippen molar-refractivity contribution in [3.8, 4) is 11.8 Å². The molecular weight excluding hydrogens is 206 g/mol. The van der Waals surface area contributed by atoms with E-state index in [2.05, 4.69) is 27.8 Å². The van der Waals surface area contributed by atoms with Crippen LogP contribution in [-0.2, 0) is 4.79 Å². The predicted octanol–water partition coefficient (Wildman–Crippen LogP) is 1.01. The molecule has 0 spiro atoms. The van der Waals surface area contributed by atoms with E-state index in [-0.39, 0.29) is 10.7 Å². The Labute approximate surface area is 75.1 Å². The number of carbonyl (C=O) groups excluding carboxylic acids is 1. The zero-order chi connectivity index (χ0) is 8.27. The summed E-state index contributed by atoms with van der Waals surface area (Å²) in [5.74, 6) is 5.82. The number of halogens is 1. The van der Waals surface area contributed by atoms with Gasteiger partial charge in [-0.1, -0.05) is 21.9 Å². The van der Waals surface area contributed by atoms with Gasteiger partial charge < -0.3 is 4.90 Å². The lowest BCUT2D eigenvalue weighted by Crippen LogP contribution is -2.27. The molecule has 1 aliphatic rings. The maximum absolute atomic E-state index is 11.2. The van der Waals surface area contributed by atoms with Gasteiger partial charge in [0.15, 0.2) is 0 Å². The molecule has 11 heavy (non-hydrogen) atoms. The molecule has 2 nitrogen and oxygen atoms in total. The van der Waals surface area contributed by atoms with E-state index in [9.17, 15) is 4.79 Å². The third-order valence-corrected chi connectivity index (χ3v) is 2.53. The number of rotatable bonds is 1. The van der Waals surface area contributed by atoms with Gasteiger partial charge >= 0.3 is 0 Å². The summed E-state index contributed by atoms with van der Waals surface area (Å²) in [6.07, 6.45) is 0.907. The van der Waals surface area contributed by atoms with Crippen molar-refractivity contribution in [1.82, 2.24) is 4.90 Å². The van der Waals surface area contributed by atoms with Crippen molar-refractivity contribution in [2.24, 2.45) is 0 Å². The molecule has 0 bridgehead atoms. The van der Waals surface area contributed by atoms with Gasteiger partial charge in [0.1, 0.15) is 0 Å². The first-order valence-electron chi connectivity index (χ1n) is 3.58.